The Balaban J connectivity index is 2.02. The van der Waals surface area contributed by atoms with Gasteiger partial charge in [0.15, 0.2) is 5.13 Å². The number of carbonyl (C=O) groups excluding carboxylic acids is 1. The van der Waals surface area contributed by atoms with Gasteiger partial charge < -0.3 is 0 Å². The lowest BCUT2D eigenvalue weighted by Gasteiger charge is -2.08. The van der Waals surface area contributed by atoms with Crippen molar-refractivity contribution in [2.24, 2.45) is 5.92 Å². The van der Waals surface area contributed by atoms with E-state index in [0.717, 1.165) is 32.2 Å². The molecule has 0 aromatic carbocycles. The van der Waals surface area contributed by atoms with Crippen LogP contribution in [0.5, 0.6) is 0 Å². The fourth-order valence-electron chi connectivity index (χ4n) is 2.42. The van der Waals surface area contributed by atoms with Crippen molar-refractivity contribution in [3.05, 3.63) is 51.6 Å². The number of amides is 1. The molecule has 1 N–H and O–H groups in total. The van der Waals surface area contributed by atoms with Crippen LogP contribution in [0.15, 0.2) is 40.2 Å². The molecular formula is C16H16ClN3O3S3. The number of carbonyl (C=O) groups is 1. The minimum absolute atomic E-state index is 0.0420. The quantitative estimate of drug-likeness (QED) is 0.631. The molecule has 3 heterocycles. The van der Waals surface area contributed by atoms with Gasteiger partial charge in [-0.15, -0.1) is 11.3 Å². The van der Waals surface area contributed by atoms with Crippen molar-refractivity contribution >= 4 is 55.3 Å². The molecule has 0 bridgehead atoms. The van der Waals surface area contributed by atoms with E-state index in [2.05, 4.69) is 10.3 Å². The fourth-order valence-corrected chi connectivity index (χ4v) is 5.69. The van der Waals surface area contributed by atoms with Gasteiger partial charge in [0.05, 0.1) is 6.20 Å². The van der Waals surface area contributed by atoms with Crippen molar-refractivity contribution in [3.63, 3.8) is 0 Å². The number of hydrogen-bond donors (Lipinski definition) is 1. The first-order valence-corrected chi connectivity index (χ1v) is 11.2. The number of thiophene rings is 1. The van der Waals surface area contributed by atoms with Gasteiger partial charge in [0.1, 0.15) is 14.2 Å². The molecule has 0 saturated heterocycles. The standard InChI is InChI=1S/C16H16ClN3O3S3/c1-10(2)6-11-7-12(15(21)19-16-18-8-13(17)25-16)20(9-11)26(22,23)14-4-3-5-24-14/h3-5,7-10H,6H2,1-2H3,(H,18,19,21). The molecule has 0 fully saturated rings. The number of nitrogens with one attached hydrogen (secondary N) is 1. The maximum absolute atomic E-state index is 12.9. The van der Waals surface area contributed by atoms with Crippen molar-refractivity contribution in [3.8, 4) is 0 Å². The third-order valence-electron chi connectivity index (χ3n) is 3.43. The molecule has 138 valence electrons. The number of aromatic nitrogens is 2. The molecule has 0 spiro atoms. The average Bonchev–Trinajstić information content (AvgIpc) is 3.27. The molecule has 0 radical (unpaired) electrons. The first-order valence-electron chi connectivity index (χ1n) is 7.70. The fraction of sp³-hybridized carbons (Fsp3) is 0.250. The van der Waals surface area contributed by atoms with Crippen molar-refractivity contribution in [2.45, 2.75) is 24.5 Å². The smallest absolute Gasteiger partial charge is 0.277 e. The van der Waals surface area contributed by atoms with Gasteiger partial charge in [-0.25, -0.2) is 8.96 Å². The highest BCUT2D eigenvalue weighted by Gasteiger charge is 2.26. The zero-order valence-corrected chi connectivity index (χ0v) is 17.2. The molecule has 3 rings (SSSR count). The zero-order chi connectivity index (χ0) is 18.9. The van der Waals surface area contributed by atoms with E-state index in [9.17, 15) is 13.2 Å². The number of rotatable bonds is 6. The Morgan fingerprint density at radius 1 is 1.42 bits per heavy atom. The van der Waals surface area contributed by atoms with E-state index < -0.39 is 15.9 Å². The summed E-state index contributed by atoms with van der Waals surface area (Å²) < 4.78 is 27.5. The minimum atomic E-state index is -3.84. The number of hydrogen-bond acceptors (Lipinski definition) is 6. The van der Waals surface area contributed by atoms with Gasteiger partial charge in [-0.3, -0.25) is 10.1 Å². The third kappa shape index (κ3) is 4.01. The molecule has 3 aromatic rings. The molecule has 1 amide bonds. The third-order valence-corrected chi connectivity index (χ3v) is 7.50. The van der Waals surface area contributed by atoms with E-state index in [1.165, 1.54) is 18.5 Å². The second kappa shape index (κ2) is 7.51. The summed E-state index contributed by atoms with van der Waals surface area (Å²) in [5, 5.41) is 4.60. The Labute approximate surface area is 164 Å². The zero-order valence-electron chi connectivity index (χ0n) is 14.0. The summed E-state index contributed by atoms with van der Waals surface area (Å²) in [5.41, 5.74) is 0.822. The van der Waals surface area contributed by atoms with Gasteiger partial charge in [0.2, 0.25) is 0 Å². The number of anilines is 1. The van der Waals surface area contributed by atoms with Crippen LogP contribution in [0.4, 0.5) is 5.13 Å². The highest BCUT2D eigenvalue weighted by molar-refractivity contribution is 7.92. The maximum atomic E-state index is 12.9. The molecule has 0 atom stereocenters. The molecule has 0 aliphatic carbocycles. The highest BCUT2D eigenvalue weighted by Crippen LogP contribution is 2.26. The first kappa shape index (κ1) is 19.1. The Kier molecular flexibility index (Phi) is 5.52. The van der Waals surface area contributed by atoms with Crippen LogP contribution in [-0.4, -0.2) is 23.3 Å². The monoisotopic (exact) mass is 429 g/mol. The second-order valence-electron chi connectivity index (χ2n) is 5.99. The Hall–Kier alpha value is -1.68. The van der Waals surface area contributed by atoms with Crippen LogP contribution in [0.3, 0.4) is 0 Å². The SMILES string of the molecule is CC(C)Cc1cc(C(=O)Nc2ncc(Cl)s2)n(S(=O)(=O)c2cccs2)c1. The van der Waals surface area contributed by atoms with Gasteiger partial charge in [0.25, 0.3) is 15.9 Å². The van der Waals surface area contributed by atoms with Gasteiger partial charge in [-0.05, 0) is 35.4 Å². The van der Waals surface area contributed by atoms with E-state index in [1.807, 2.05) is 13.8 Å². The normalized spacial score (nSPS) is 11.8. The second-order valence-corrected chi connectivity index (χ2v) is 10.6. The molecule has 6 nitrogen and oxygen atoms in total. The summed E-state index contributed by atoms with van der Waals surface area (Å²) in [6.45, 7) is 4.06. The van der Waals surface area contributed by atoms with Crippen LogP contribution in [0.25, 0.3) is 0 Å². The van der Waals surface area contributed by atoms with E-state index in [0.29, 0.717) is 21.8 Å². The maximum Gasteiger partial charge on any atom is 0.277 e. The number of halogens is 1. The summed E-state index contributed by atoms with van der Waals surface area (Å²) in [5.74, 6) is -0.227. The average molecular weight is 430 g/mol. The number of nitrogens with zero attached hydrogens (tertiary/aromatic N) is 2. The summed E-state index contributed by atoms with van der Waals surface area (Å²) in [6.07, 6.45) is 3.60. The predicted octanol–water partition coefficient (Wildman–Crippen LogP) is 4.35. The molecule has 0 aliphatic rings. The van der Waals surface area contributed by atoms with Crippen molar-refractivity contribution < 1.29 is 13.2 Å². The largest absolute Gasteiger partial charge is 0.296 e. The summed E-state index contributed by atoms with van der Waals surface area (Å²) in [7, 11) is -3.84. The van der Waals surface area contributed by atoms with Gasteiger partial charge >= 0.3 is 0 Å². The molecule has 0 saturated carbocycles. The van der Waals surface area contributed by atoms with E-state index in [-0.39, 0.29) is 9.90 Å². The lowest BCUT2D eigenvalue weighted by atomic mass is 10.1. The van der Waals surface area contributed by atoms with E-state index >= 15 is 0 Å². The highest BCUT2D eigenvalue weighted by atomic mass is 35.5. The van der Waals surface area contributed by atoms with Crippen molar-refractivity contribution in [2.75, 3.05) is 5.32 Å². The predicted molar refractivity (Wildman–Crippen MR) is 105 cm³/mol. The molecule has 0 aliphatic heterocycles. The topological polar surface area (TPSA) is 81.1 Å². The van der Waals surface area contributed by atoms with Crippen molar-refractivity contribution in [1.29, 1.82) is 0 Å². The Morgan fingerprint density at radius 2 is 2.19 bits per heavy atom. The summed E-state index contributed by atoms with van der Waals surface area (Å²) in [4.78, 5) is 16.7. The first-order chi connectivity index (χ1) is 12.3. The van der Waals surface area contributed by atoms with Gasteiger partial charge in [-0.1, -0.05) is 42.9 Å². The Bertz CT molecular complexity index is 1020. The van der Waals surface area contributed by atoms with Crippen molar-refractivity contribution in [1.82, 2.24) is 8.96 Å². The number of thiazole rings is 1. The lowest BCUT2D eigenvalue weighted by molar-refractivity contribution is 0.102. The van der Waals surface area contributed by atoms with Crippen LogP contribution in [0.2, 0.25) is 4.34 Å². The summed E-state index contributed by atoms with van der Waals surface area (Å²) >= 11 is 8.04. The van der Waals surface area contributed by atoms with E-state index in [1.54, 1.807) is 17.5 Å². The molecule has 3 aromatic heterocycles. The minimum Gasteiger partial charge on any atom is -0.296 e. The van der Waals surface area contributed by atoms with Crippen LogP contribution < -0.4 is 5.32 Å². The molecule has 10 heteroatoms. The van der Waals surface area contributed by atoms with E-state index in [4.69, 9.17) is 11.6 Å². The van der Waals surface area contributed by atoms with Crippen LogP contribution >= 0.6 is 34.3 Å². The molecule has 0 unspecified atom stereocenters. The molecular weight excluding hydrogens is 414 g/mol. The van der Waals surface area contributed by atoms with Crippen LogP contribution in [0.1, 0.15) is 29.9 Å². The van der Waals surface area contributed by atoms with Gasteiger partial charge in [0, 0.05) is 6.20 Å². The van der Waals surface area contributed by atoms with Crippen LogP contribution in [0, 0.1) is 5.92 Å². The van der Waals surface area contributed by atoms with Gasteiger partial charge in [-0.2, -0.15) is 8.42 Å². The van der Waals surface area contributed by atoms with Crippen LogP contribution in [-0.2, 0) is 16.4 Å². The lowest BCUT2D eigenvalue weighted by Crippen LogP contribution is -2.21. The Morgan fingerprint density at radius 3 is 2.77 bits per heavy atom. The summed E-state index contributed by atoms with van der Waals surface area (Å²) in [6, 6.07) is 4.79. The molecule has 26 heavy (non-hydrogen) atoms.